The predicted molar refractivity (Wildman–Crippen MR) is 100 cm³/mol. The van der Waals surface area contributed by atoms with Gasteiger partial charge in [0.05, 0.1) is 18.7 Å². The Labute approximate surface area is 158 Å². The van der Waals surface area contributed by atoms with Crippen LogP contribution in [0.25, 0.3) is 11.5 Å². The van der Waals surface area contributed by atoms with E-state index in [2.05, 4.69) is 10.3 Å². The van der Waals surface area contributed by atoms with E-state index >= 15 is 0 Å². The van der Waals surface area contributed by atoms with Crippen LogP contribution in [0.4, 0.5) is 0 Å². The second-order valence-electron chi connectivity index (χ2n) is 6.91. The summed E-state index contributed by atoms with van der Waals surface area (Å²) in [6.07, 6.45) is 1.73. The third kappa shape index (κ3) is 4.74. The van der Waals surface area contributed by atoms with Gasteiger partial charge < -0.3 is 14.8 Å². The lowest BCUT2D eigenvalue weighted by Crippen LogP contribution is -2.55. The highest BCUT2D eigenvalue weighted by atomic mass is 16.4. The van der Waals surface area contributed by atoms with Crippen molar-refractivity contribution in [3.63, 3.8) is 0 Å². The van der Waals surface area contributed by atoms with Crippen LogP contribution in [0.3, 0.4) is 0 Å². The molecule has 0 spiro atoms. The molecule has 2 aromatic rings. The van der Waals surface area contributed by atoms with Crippen LogP contribution in [0.15, 0.2) is 34.7 Å². The monoisotopic (exact) mass is 371 g/mol. The summed E-state index contributed by atoms with van der Waals surface area (Å²) in [4.78, 5) is 29.6. The van der Waals surface area contributed by atoms with Crippen molar-refractivity contribution < 1.29 is 19.1 Å². The molecule has 7 nitrogen and oxygen atoms in total. The molecule has 1 amide bonds. The van der Waals surface area contributed by atoms with Gasteiger partial charge in [-0.25, -0.2) is 4.98 Å². The number of carbonyl (C=O) groups excluding carboxylic acids is 1. The summed E-state index contributed by atoms with van der Waals surface area (Å²) < 4.78 is 5.69. The SMILES string of the molecule is CCN(CC(=O)O)C1CC(NC(=O)Cc2nc(-c3ccccc3)oc2C)C1. The Bertz CT molecular complexity index is 797. The number of oxazole rings is 1. The van der Waals surface area contributed by atoms with E-state index in [9.17, 15) is 9.59 Å². The molecule has 0 saturated heterocycles. The van der Waals surface area contributed by atoms with Crippen LogP contribution in [0.1, 0.15) is 31.2 Å². The van der Waals surface area contributed by atoms with Gasteiger partial charge in [-0.3, -0.25) is 14.5 Å². The van der Waals surface area contributed by atoms with Crippen LogP contribution in [-0.4, -0.2) is 52.0 Å². The van der Waals surface area contributed by atoms with E-state index in [0.717, 1.165) is 18.4 Å². The second kappa shape index (κ2) is 8.35. The van der Waals surface area contributed by atoms with Crippen LogP contribution in [0.5, 0.6) is 0 Å². The Morgan fingerprint density at radius 3 is 2.63 bits per heavy atom. The molecular formula is C20H25N3O4. The van der Waals surface area contributed by atoms with Gasteiger partial charge in [-0.2, -0.15) is 0 Å². The molecule has 1 heterocycles. The molecule has 1 aliphatic rings. The minimum atomic E-state index is -0.819. The average Bonchev–Trinajstić information content (AvgIpc) is 2.97. The molecule has 1 aromatic heterocycles. The summed E-state index contributed by atoms with van der Waals surface area (Å²) in [5, 5.41) is 12.0. The highest BCUT2D eigenvalue weighted by molar-refractivity contribution is 5.79. The smallest absolute Gasteiger partial charge is 0.317 e. The van der Waals surface area contributed by atoms with Crippen molar-refractivity contribution in [1.29, 1.82) is 0 Å². The number of carboxylic acids is 1. The van der Waals surface area contributed by atoms with Crippen LogP contribution in [-0.2, 0) is 16.0 Å². The Balaban J connectivity index is 1.51. The number of aliphatic carboxylic acids is 1. The summed E-state index contributed by atoms with van der Waals surface area (Å²) in [6.45, 7) is 4.50. The zero-order chi connectivity index (χ0) is 19.4. The van der Waals surface area contributed by atoms with E-state index in [-0.39, 0.29) is 31.0 Å². The zero-order valence-corrected chi connectivity index (χ0v) is 15.6. The predicted octanol–water partition coefficient (Wildman–Crippen LogP) is 2.25. The second-order valence-corrected chi connectivity index (χ2v) is 6.91. The third-order valence-electron chi connectivity index (χ3n) is 4.98. The number of nitrogens with zero attached hydrogens (tertiary/aromatic N) is 2. The maximum Gasteiger partial charge on any atom is 0.317 e. The standard InChI is InChI=1S/C20H25N3O4/c1-3-23(12-19(25)26)16-9-15(10-16)21-18(24)11-17-13(2)27-20(22-17)14-7-5-4-6-8-14/h4-8,15-16H,3,9-12H2,1-2H3,(H,21,24)(H,25,26). The largest absolute Gasteiger partial charge is 0.480 e. The first kappa shape index (κ1) is 19.1. The van der Waals surface area contributed by atoms with Gasteiger partial charge in [0.1, 0.15) is 5.76 Å². The quantitative estimate of drug-likeness (QED) is 0.739. The summed E-state index contributed by atoms with van der Waals surface area (Å²) in [5.74, 6) is 0.261. The molecule has 0 bridgehead atoms. The summed E-state index contributed by atoms with van der Waals surface area (Å²) in [5.41, 5.74) is 1.52. The molecule has 0 unspecified atom stereocenters. The van der Waals surface area contributed by atoms with Crippen LogP contribution < -0.4 is 5.32 Å². The Hall–Kier alpha value is -2.67. The number of carboxylic acid groups (broad SMARTS) is 1. The summed E-state index contributed by atoms with van der Waals surface area (Å²) in [7, 11) is 0. The fraction of sp³-hybridized carbons (Fsp3) is 0.450. The number of hydrogen-bond donors (Lipinski definition) is 2. The van der Waals surface area contributed by atoms with Gasteiger partial charge in [0.25, 0.3) is 0 Å². The van der Waals surface area contributed by atoms with Gasteiger partial charge >= 0.3 is 5.97 Å². The molecular weight excluding hydrogens is 346 g/mol. The zero-order valence-electron chi connectivity index (χ0n) is 15.6. The van der Waals surface area contributed by atoms with Crippen LogP contribution in [0, 0.1) is 6.92 Å². The maximum atomic E-state index is 12.3. The third-order valence-corrected chi connectivity index (χ3v) is 4.98. The first-order chi connectivity index (χ1) is 13.0. The molecule has 1 aromatic carbocycles. The van der Waals surface area contributed by atoms with Gasteiger partial charge in [-0.1, -0.05) is 25.1 Å². The number of carbonyl (C=O) groups is 2. The topological polar surface area (TPSA) is 95.7 Å². The molecule has 1 fully saturated rings. The van der Waals surface area contributed by atoms with E-state index < -0.39 is 5.97 Å². The van der Waals surface area contributed by atoms with Crippen molar-refractivity contribution in [2.45, 2.75) is 45.2 Å². The molecule has 7 heteroatoms. The molecule has 0 radical (unpaired) electrons. The van der Waals surface area contributed by atoms with E-state index in [1.807, 2.05) is 49.1 Å². The van der Waals surface area contributed by atoms with Crippen molar-refractivity contribution in [2.24, 2.45) is 0 Å². The van der Waals surface area contributed by atoms with Crippen LogP contribution in [0.2, 0.25) is 0 Å². The maximum absolute atomic E-state index is 12.3. The van der Waals surface area contributed by atoms with Crippen LogP contribution >= 0.6 is 0 Å². The molecule has 1 aliphatic carbocycles. The number of amides is 1. The van der Waals surface area contributed by atoms with Gasteiger partial charge in [0.2, 0.25) is 11.8 Å². The van der Waals surface area contributed by atoms with Gasteiger partial charge in [0, 0.05) is 17.6 Å². The molecule has 0 atom stereocenters. The molecule has 2 N–H and O–H groups in total. The van der Waals surface area contributed by atoms with E-state index in [1.54, 1.807) is 0 Å². The number of aryl methyl sites for hydroxylation is 1. The normalized spacial score (nSPS) is 18.9. The van der Waals surface area contributed by atoms with Crippen molar-refractivity contribution in [3.05, 3.63) is 41.8 Å². The van der Waals surface area contributed by atoms with Crippen molar-refractivity contribution in [3.8, 4) is 11.5 Å². The first-order valence-corrected chi connectivity index (χ1v) is 9.23. The number of hydrogen-bond acceptors (Lipinski definition) is 5. The number of aromatic nitrogens is 1. The van der Waals surface area contributed by atoms with Crippen molar-refractivity contribution in [2.75, 3.05) is 13.1 Å². The summed E-state index contributed by atoms with van der Waals surface area (Å²) in [6, 6.07) is 9.90. The minimum Gasteiger partial charge on any atom is -0.480 e. The van der Waals surface area contributed by atoms with Crippen molar-refractivity contribution >= 4 is 11.9 Å². The lowest BCUT2D eigenvalue weighted by atomic mass is 9.85. The lowest BCUT2D eigenvalue weighted by molar-refractivity contribution is -0.139. The molecule has 3 rings (SSSR count). The minimum absolute atomic E-state index is 0.0439. The van der Waals surface area contributed by atoms with Crippen molar-refractivity contribution in [1.82, 2.24) is 15.2 Å². The number of rotatable bonds is 8. The molecule has 27 heavy (non-hydrogen) atoms. The van der Waals surface area contributed by atoms with Gasteiger partial charge in [-0.15, -0.1) is 0 Å². The molecule has 1 saturated carbocycles. The fourth-order valence-electron chi connectivity index (χ4n) is 3.40. The van der Waals surface area contributed by atoms with E-state index in [0.29, 0.717) is 23.9 Å². The summed E-state index contributed by atoms with van der Waals surface area (Å²) >= 11 is 0. The highest BCUT2D eigenvalue weighted by Crippen LogP contribution is 2.26. The number of likely N-dealkylation sites (N-methyl/N-ethyl adjacent to an activating group) is 1. The number of benzene rings is 1. The first-order valence-electron chi connectivity index (χ1n) is 9.23. The Morgan fingerprint density at radius 2 is 2.00 bits per heavy atom. The van der Waals surface area contributed by atoms with Gasteiger partial charge in [-0.05, 0) is 38.4 Å². The van der Waals surface area contributed by atoms with E-state index in [4.69, 9.17) is 9.52 Å². The Morgan fingerprint density at radius 1 is 1.30 bits per heavy atom. The highest BCUT2D eigenvalue weighted by Gasteiger charge is 2.34. The van der Waals surface area contributed by atoms with E-state index in [1.165, 1.54) is 0 Å². The Kier molecular flexibility index (Phi) is 5.91. The number of nitrogens with one attached hydrogen (secondary N) is 1. The molecule has 144 valence electrons. The lowest BCUT2D eigenvalue weighted by Gasteiger charge is -2.42. The average molecular weight is 371 g/mol. The van der Waals surface area contributed by atoms with Gasteiger partial charge in [0.15, 0.2) is 0 Å². The molecule has 0 aliphatic heterocycles. The fourth-order valence-corrected chi connectivity index (χ4v) is 3.40.